The van der Waals surface area contributed by atoms with Crippen LogP contribution >= 0.6 is 0 Å². The van der Waals surface area contributed by atoms with Gasteiger partial charge in [0.15, 0.2) is 5.82 Å². The molecule has 0 aliphatic heterocycles. The Labute approximate surface area is 149 Å². The summed E-state index contributed by atoms with van der Waals surface area (Å²) >= 11 is 0. The Morgan fingerprint density at radius 3 is 2.35 bits per heavy atom. The van der Waals surface area contributed by atoms with E-state index in [0.717, 1.165) is 11.1 Å². The van der Waals surface area contributed by atoms with Crippen molar-refractivity contribution in [3.8, 4) is 5.75 Å². The van der Waals surface area contributed by atoms with E-state index in [0.29, 0.717) is 12.4 Å². The molecule has 2 aromatic carbocycles. The first-order chi connectivity index (χ1) is 12.6. The number of nitrogens with zero attached hydrogens (tertiary/aromatic N) is 2. The van der Waals surface area contributed by atoms with Gasteiger partial charge in [-0.25, -0.2) is 9.37 Å². The number of hydrogen-bond donors (Lipinski definition) is 1. The quantitative estimate of drug-likeness (QED) is 0.497. The monoisotopic (exact) mass is 353 g/mol. The first-order valence-electron chi connectivity index (χ1n) is 7.96. The number of aromatic nitrogens is 3. The number of benzene rings is 2. The highest BCUT2D eigenvalue weighted by molar-refractivity contribution is 6.06. The van der Waals surface area contributed by atoms with Crippen LogP contribution in [-0.4, -0.2) is 26.7 Å². The molecule has 0 amide bonds. The molecule has 1 aromatic heterocycles. The minimum absolute atomic E-state index is 0.0860. The smallest absolute Gasteiger partial charge is 0.206 e. The van der Waals surface area contributed by atoms with Crippen LogP contribution in [0.25, 0.3) is 0 Å². The van der Waals surface area contributed by atoms with E-state index < -0.39 is 0 Å². The van der Waals surface area contributed by atoms with E-state index in [2.05, 4.69) is 15.2 Å². The van der Waals surface area contributed by atoms with Gasteiger partial charge in [-0.15, -0.1) is 0 Å². The van der Waals surface area contributed by atoms with Gasteiger partial charge in [0.05, 0.1) is 6.42 Å². The van der Waals surface area contributed by atoms with Gasteiger partial charge in [-0.2, -0.15) is 5.10 Å². The van der Waals surface area contributed by atoms with Crippen molar-refractivity contribution in [1.82, 2.24) is 15.2 Å². The average Bonchev–Trinajstić information content (AvgIpc) is 3.17. The highest BCUT2D eigenvalue weighted by atomic mass is 19.1. The summed E-state index contributed by atoms with van der Waals surface area (Å²) in [6.07, 6.45) is 1.15. The second-order valence-corrected chi connectivity index (χ2v) is 5.71. The molecule has 0 saturated carbocycles. The molecule has 3 aromatic rings. The van der Waals surface area contributed by atoms with E-state index in [9.17, 15) is 14.0 Å². The van der Waals surface area contributed by atoms with Crippen LogP contribution in [-0.2, 0) is 17.8 Å². The van der Waals surface area contributed by atoms with Gasteiger partial charge in [-0.05, 0) is 35.4 Å². The van der Waals surface area contributed by atoms with Crippen LogP contribution in [0.1, 0.15) is 28.2 Å². The number of aromatic amines is 1. The van der Waals surface area contributed by atoms with Crippen molar-refractivity contribution < 1.29 is 18.7 Å². The standard InChI is InChI=1S/C19H16FN3O3/c20-15-5-1-14(2-6-15)11-26-17-7-3-13(4-8-17)9-16(24)10-18(25)19-21-12-22-23-19/h1-8,12H,9-11H2,(H,21,22,23). The van der Waals surface area contributed by atoms with E-state index in [1.54, 1.807) is 36.4 Å². The molecule has 7 heteroatoms. The van der Waals surface area contributed by atoms with Crippen LogP contribution in [0.5, 0.6) is 5.75 Å². The van der Waals surface area contributed by atoms with Crippen LogP contribution < -0.4 is 4.74 Å². The molecule has 1 N–H and O–H groups in total. The summed E-state index contributed by atoms with van der Waals surface area (Å²) in [5, 5.41) is 6.03. The largest absolute Gasteiger partial charge is 0.489 e. The lowest BCUT2D eigenvalue weighted by molar-refractivity contribution is -0.117. The number of ether oxygens (including phenoxy) is 1. The van der Waals surface area contributed by atoms with Crippen molar-refractivity contribution in [3.05, 3.63) is 77.6 Å². The molecule has 0 aliphatic rings. The number of Topliss-reactive ketones (excluding diaryl/α,β-unsaturated/α-hetero) is 2. The van der Waals surface area contributed by atoms with Gasteiger partial charge in [-0.3, -0.25) is 14.7 Å². The van der Waals surface area contributed by atoms with Crippen molar-refractivity contribution in [2.45, 2.75) is 19.4 Å². The zero-order valence-corrected chi connectivity index (χ0v) is 13.8. The van der Waals surface area contributed by atoms with Gasteiger partial charge in [-0.1, -0.05) is 24.3 Å². The summed E-state index contributed by atoms with van der Waals surface area (Å²) in [6, 6.07) is 13.1. The molecular weight excluding hydrogens is 337 g/mol. The summed E-state index contributed by atoms with van der Waals surface area (Å²) in [5.74, 6) is -0.145. The molecule has 6 nitrogen and oxygen atoms in total. The van der Waals surface area contributed by atoms with Crippen LogP contribution in [0, 0.1) is 5.82 Å². The first-order valence-corrected chi connectivity index (χ1v) is 7.96. The Kier molecular flexibility index (Phi) is 5.48. The van der Waals surface area contributed by atoms with Gasteiger partial charge >= 0.3 is 0 Å². The van der Waals surface area contributed by atoms with E-state index in [1.807, 2.05) is 0 Å². The molecule has 1 heterocycles. The SMILES string of the molecule is O=C(CC(=O)c1ncn[nH]1)Cc1ccc(OCc2ccc(F)cc2)cc1. The van der Waals surface area contributed by atoms with E-state index in [1.165, 1.54) is 18.5 Å². The molecule has 3 rings (SSSR count). The number of nitrogens with one attached hydrogen (secondary N) is 1. The molecule has 0 bridgehead atoms. The predicted molar refractivity (Wildman–Crippen MR) is 91.2 cm³/mol. The Hall–Kier alpha value is -3.35. The van der Waals surface area contributed by atoms with Crippen molar-refractivity contribution >= 4 is 11.6 Å². The third-order valence-electron chi connectivity index (χ3n) is 3.68. The van der Waals surface area contributed by atoms with Crippen LogP contribution in [0.4, 0.5) is 4.39 Å². The molecule has 0 saturated heterocycles. The molecule has 0 radical (unpaired) electrons. The highest BCUT2D eigenvalue weighted by Crippen LogP contribution is 2.15. The summed E-state index contributed by atoms with van der Waals surface area (Å²) < 4.78 is 18.5. The minimum Gasteiger partial charge on any atom is -0.489 e. The fourth-order valence-corrected chi connectivity index (χ4v) is 2.34. The number of hydrogen-bond acceptors (Lipinski definition) is 5. The average molecular weight is 353 g/mol. The lowest BCUT2D eigenvalue weighted by Gasteiger charge is -2.07. The maximum Gasteiger partial charge on any atom is 0.206 e. The molecule has 0 aliphatic carbocycles. The summed E-state index contributed by atoms with van der Waals surface area (Å²) in [4.78, 5) is 27.5. The lowest BCUT2D eigenvalue weighted by Crippen LogP contribution is -2.12. The van der Waals surface area contributed by atoms with Crippen LogP contribution in [0.3, 0.4) is 0 Å². The van der Waals surface area contributed by atoms with Gasteiger partial charge in [0.1, 0.15) is 30.3 Å². The van der Waals surface area contributed by atoms with E-state index in [4.69, 9.17) is 4.74 Å². The van der Waals surface area contributed by atoms with Gasteiger partial charge < -0.3 is 4.74 Å². The zero-order chi connectivity index (χ0) is 18.4. The number of rotatable bonds is 8. The number of H-pyrrole nitrogens is 1. The second kappa shape index (κ2) is 8.15. The summed E-state index contributed by atoms with van der Waals surface area (Å²) in [7, 11) is 0. The van der Waals surface area contributed by atoms with E-state index >= 15 is 0 Å². The van der Waals surface area contributed by atoms with Gasteiger partial charge in [0.2, 0.25) is 5.78 Å². The third-order valence-corrected chi connectivity index (χ3v) is 3.68. The molecule has 26 heavy (non-hydrogen) atoms. The highest BCUT2D eigenvalue weighted by Gasteiger charge is 2.14. The van der Waals surface area contributed by atoms with Crippen molar-refractivity contribution in [1.29, 1.82) is 0 Å². The normalized spacial score (nSPS) is 10.5. The molecule has 0 fully saturated rings. The third kappa shape index (κ3) is 4.83. The molecule has 0 atom stereocenters. The number of halogens is 1. The minimum atomic E-state index is -0.383. The fourth-order valence-electron chi connectivity index (χ4n) is 2.34. The van der Waals surface area contributed by atoms with Crippen molar-refractivity contribution in [2.24, 2.45) is 0 Å². The zero-order valence-electron chi connectivity index (χ0n) is 13.8. The van der Waals surface area contributed by atoms with Gasteiger partial charge in [0.25, 0.3) is 0 Å². The first kappa shape index (κ1) is 17.5. The Morgan fingerprint density at radius 2 is 1.69 bits per heavy atom. The molecule has 0 unspecified atom stereocenters. The predicted octanol–water partition coefficient (Wildman–Crippen LogP) is 2.91. The molecule has 132 valence electrons. The van der Waals surface area contributed by atoms with Crippen molar-refractivity contribution in [2.75, 3.05) is 0 Å². The molecular formula is C19H16FN3O3. The Balaban J connectivity index is 1.50. The lowest BCUT2D eigenvalue weighted by atomic mass is 10.0. The maximum atomic E-state index is 12.9. The van der Waals surface area contributed by atoms with E-state index in [-0.39, 0.29) is 36.0 Å². The van der Waals surface area contributed by atoms with Gasteiger partial charge in [0, 0.05) is 6.42 Å². The number of ketones is 2. The fraction of sp³-hybridized carbons (Fsp3) is 0.158. The second-order valence-electron chi connectivity index (χ2n) is 5.71. The topological polar surface area (TPSA) is 84.9 Å². The number of carbonyl (C=O) groups excluding carboxylic acids is 2. The summed E-state index contributed by atoms with van der Waals surface area (Å²) in [6.45, 7) is 0.324. The van der Waals surface area contributed by atoms with Crippen LogP contribution in [0.15, 0.2) is 54.9 Å². The number of carbonyl (C=O) groups is 2. The summed E-state index contributed by atoms with van der Waals surface area (Å²) in [5.41, 5.74) is 1.64. The maximum absolute atomic E-state index is 12.9. The Morgan fingerprint density at radius 1 is 1.00 bits per heavy atom. The molecule has 0 spiro atoms. The van der Waals surface area contributed by atoms with Crippen LogP contribution in [0.2, 0.25) is 0 Å². The Bertz CT molecular complexity index is 875. The van der Waals surface area contributed by atoms with Crippen molar-refractivity contribution in [3.63, 3.8) is 0 Å².